The summed E-state index contributed by atoms with van der Waals surface area (Å²) in [6, 6.07) is 7.46. The Morgan fingerprint density at radius 3 is 2.57 bits per heavy atom. The normalized spacial score (nSPS) is 13.5. The number of hydrogen-bond donors (Lipinski definition) is 1. The van der Waals surface area contributed by atoms with Crippen LogP contribution in [0.25, 0.3) is 0 Å². The second-order valence-electron chi connectivity index (χ2n) is 4.29. The Hall–Kier alpha value is -2.54. The van der Waals surface area contributed by atoms with Crippen molar-refractivity contribution in [2.75, 3.05) is 4.90 Å². The van der Waals surface area contributed by atoms with Gasteiger partial charge in [-0.1, -0.05) is 6.07 Å². The number of imide groups is 1. The first-order chi connectivity index (χ1) is 10.0. The number of fused-ring (bicyclic) bond motifs is 1. The maximum atomic E-state index is 12.4. The van der Waals surface area contributed by atoms with E-state index < -0.39 is 17.8 Å². The van der Waals surface area contributed by atoms with Gasteiger partial charge in [0.1, 0.15) is 5.69 Å². The Labute approximate surface area is 127 Å². The predicted octanol–water partition coefficient (Wildman–Crippen LogP) is 2.34. The minimum Gasteiger partial charge on any atom is -0.478 e. The number of carboxylic acids is 1. The van der Waals surface area contributed by atoms with E-state index in [0.717, 1.165) is 4.90 Å². The molecule has 0 bridgehead atoms. The number of amides is 2. The van der Waals surface area contributed by atoms with Gasteiger partial charge in [0.05, 0.1) is 16.8 Å². The maximum Gasteiger partial charge on any atom is 0.337 e. The van der Waals surface area contributed by atoms with E-state index in [1.165, 1.54) is 24.4 Å². The number of hydrogen-bond acceptors (Lipinski definition) is 4. The standard InChI is InChI=1S/C14H7BrN2O4/c15-9-5-1-3-8(14(20)21)11(9)17-12(18)7-4-2-6-16-10(7)13(17)19/h1-6H,(H,20,21). The lowest BCUT2D eigenvalue weighted by molar-refractivity contribution is 0.0698. The Morgan fingerprint density at radius 1 is 1.14 bits per heavy atom. The molecule has 1 aliphatic heterocycles. The van der Waals surface area contributed by atoms with Crippen molar-refractivity contribution in [1.82, 2.24) is 4.98 Å². The fourth-order valence-electron chi connectivity index (χ4n) is 2.19. The second kappa shape index (κ2) is 4.78. The molecule has 0 aliphatic carbocycles. The molecule has 2 aromatic rings. The van der Waals surface area contributed by atoms with Crippen molar-refractivity contribution in [1.29, 1.82) is 0 Å². The monoisotopic (exact) mass is 346 g/mol. The van der Waals surface area contributed by atoms with Crippen LogP contribution in [0.1, 0.15) is 31.2 Å². The van der Waals surface area contributed by atoms with E-state index in [9.17, 15) is 19.5 Å². The first-order valence-electron chi connectivity index (χ1n) is 5.88. The molecule has 0 fully saturated rings. The first kappa shape index (κ1) is 13.4. The second-order valence-corrected chi connectivity index (χ2v) is 5.14. The topological polar surface area (TPSA) is 87.6 Å². The summed E-state index contributed by atoms with van der Waals surface area (Å²) >= 11 is 3.20. The summed E-state index contributed by atoms with van der Waals surface area (Å²) in [7, 11) is 0. The number of carbonyl (C=O) groups is 3. The molecule has 7 heteroatoms. The lowest BCUT2D eigenvalue weighted by Gasteiger charge is -2.17. The van der Waals surface area contributed by atoms with Crippen LogP contribution in [0.4, 0.5) is 5.69 Å². The number of aromatic carboxylic acids is 1. The Balaban J connectivity index is 2.23. The van der Waals surface area contributed by atoms with Gasteiger partial charge in [0.2, 0.25) is 0 Å². The summed E-state index contributed by atoms with van der Waals surface area (Å²) in [6.07, 6.45) is 1.41. The summed E-state index contributed by atoms with van der Waals surface area (Å²) in [5, 5.41) is 9.25. The van der Waals surface area contributed by atoms with Gasteiger partial charge in [-0.25, -0.2) is 9.69 Å². The van der Waals surface area contributed by atoms with E-state index in [0.29, 0.717) is 4.47 Å². The predicted molar refractivity (Wildman–Crippen MR) is 76.5 cm³/mol. The van der Waals surface area contributed by atoms with Crippen LogP contribution >= 0.6 is 15.9 Å². The van der Waals surface area contributed by atoms with Gasteiger partial charge in [-0.15, -0.1) is 0 Å². The van der Waals surface area contributed by atoms with E-state index in [1.807, 2.05) is 0 Å². The number of carbonyl (C=O) groups excluding carboxylic acids is 2. The van der Waals surface area contributed by atoms with Crippen LogP contribution in [0.15, 0.2) is 41.0 Å². The van der Waals surface area contributed by atoms with Crippen LogP contribution < -0.4 is 4.90 Å². The molecule has 1 aromatic carbocycles. The summed E-state index contributed by atoms with van der Waals surface area (Å²) in [6.45, 7) is 0. The van der Waals surface area contributed by atoms with Crippen molar-refractivity contribution in [3.8, 4) is 0 Å². The molecule has 2 heterocycles. The highest BCUT2D eigenvalue weighted by atomic mass is 79.9. The number of pyridine rings is 1. The number of anilines is 1. The molecular weight excluding hydrogens is 340 g/mol. The van der Waals surface area contributed by atoms with E-state index in [4.69, 9.17) is 0 Å². The summed E-state index contributed by atoms with van der Waals surface area (Å²) < 4.78 is 0.344. The number of aromatic nitrogens is 1. The lowest BCUT2D eigenvalue weighted by atomic mass is 10.1. The maximum absolute atomic E-state index is 12.4. The molecule has 3 rings (SSSR count). The highest BCUT2D eigenvalue weighted by molar-refractivity contribution is 9.10. The van der Waals surface area contributed by atoms with Crippen molar-refractivity contribution in [2.45, 2.75) is 0 Å². The summed E-state index contributed by atoms with van der Waals surface area (Å²) in [5.41, 5.74) is 0.0565. The smallest absolute Gasteiger partial charge is 0.337 e. The highest BCUT2D eigenvalue weighted by Crippen LogP contribution is 2.35. The number of rotatable bonds is 2. The minimum absolute atomic E-state index is 0.0120. The van der Waals surface area contributed by atoms with Crippen LogP contribution in [0, 0.1) is 0 Å². The highest BCUT2D eigenvalue weighted by Gasteiger charge is 2.40. The van der Waals surface area contributed by atoms with E-state index in [-0.39, 0.29) is 22.5 Å². The molecule has 0 saturated heterocycles. The zero-order valence-corrected chi connectivity index (χ0v) is 12.0. The lowest BCUT2D eigenvalue weighted by Crippen LogP contribution is -2.31. The molecule has 1 aromatic heterocycles. The van der Waals surface area contributed by atoms with Crippen molar-refractivity contribution in [3.63, 3.8) is 0 Å². The molecular formula is C14H7BrN2O4. The first-order valence-corrected chi connectivity index (χ1v) is 6.67. The van der Waals surface area contributed by atoms with Crippen LogP contribution in [0.5, 0.6) is 0 Å². The number of carboxylic acid groups (broad SMARTS) is 1. The third-order valence-electron chi connectivity index (χ3n) is 3.09. The van der Waals surface area contributed by atoms with E-state index in [2.05, 4.69) is 20.9 Å². The van der Waals surface area contributed by atoms with Crippen LogP contribution in [-0.2, 0) is 0 Å². The summed E-state index contributed by atoms with van der Waals surface area (Å²) in [5.74, 6) is -2.45. The van der Waals surface area contributed by atoms with Gasteiger partial charge in [0.25, 0.3) is 11.8 Å². The van der Waals surface area contributed by atoms with Gasteiger partial charge >= 0.3 is 5.97 Å². The fraction of sp³-hybridized carbons (Fsp3) is 0. The van der Waals surface area contributed by atoms with Gasteiger partial charge in [-0.05, 0) is 40.2 Å². The molecule has 104 valence electrons. The van der Waals surface area contributed by atoms with Gasteiger partial charge in [-0.2, -0.15) is 0 Å². The SMILES string of the molecule is O=C(O)c1cccc(Br)c1N1C(=O)c2cccnc2C1=O. The third-order valence-corrected chi connectivity index (χ3v) is 3.73. The number of halogens is 1. The molecule has 0 radical (unpaired) electrons. The van der Waals surface area contributed by atoms with E-state index in [1.54, 1.807) is 12.1 Å². The molecule has 0 saturated carbocycles. The van der Waals surface area contributed by atoms with Crippen molar-refractivity contribution in [3.05, 3.63) is 57.8 Å². The average molecular weight is 347 g/mol. The number of benzene rings is 1. The van der Waals surface area contributed by atoms with Gasteiger partial charge in [-0.3, -0.25) is 14.6 Å². The van der Waals surface area contributed by atoms with Crippen LogP contribution in [0.3, 0.4) is 0 Å². The number of para-hydroxylation sites is 1. The molecule has 21 heavy (non-hydrogen) atoms. The molecule has 0 spiro atoms. The van der Waals surface area contributed by atoms with Gasteiger partial charge < -0.3 is 5.11 Å². The zero-order valence-electron chi connectivity index (χ0n) is 10.4. The zero-order chi connectivity index (χ0) is 15.1. The van der Waals surface area contributed by atoms with Crippen molar-refractivity contribution in [2.24, 2.45) is 0 Å². The Kier molecular flexibility index (Phi) is 3.06. The Bertz CT molecular complexity index is 768. The van der Waals surface area contributed by atoms with Crippen LogP contribution in [-0.4, -0.2) is 27.9 Å². The van der Waals surface area contributed by atoms with Crippen molar-refractivity contribution < 1.29 is 19.5 Å². The largest absolute Gasteiger partial charge is 0.478 e. The average Bonchev–Trinajstić information content (AvgIpc) is 2.72. The van der Waals surface area contributed by atoms with Gasteiger partial charge in [0, 0.05) is 10.7 Å². The fourth-order valence-corrected chi connectivity index (χ4v) is 2.73. The molecule has 0 atom stereocenters. The number of nitrogens with zero attached hydrogens (tertiary/aromatic N) is 2. The van der Waals surface area contributed by atoms with E-state index >= 15 is 0 Å². The van der Waals surface area contributed by atoms with Gasteiger partial charge in [0.15, 0.2) is 0 Å². The third kappa shape index (κ3) is 1.93. The summed E-state index contributed by atoms with van der Waals surface area (Å²) in [4.78, 5) is 40.8. The molecule has 1 aliphatic rings. The van der Waals surface area contributed by atoms with Crippen LogP contribution in [0.2, 0.25) is 0 Å². The molecule has 1 N–H and O–H groups in total. The Morgan fingerprint density at radius 2 is 1.90 bits per heavy atom. The molecule has 6 nitrogen and oxygen atoms in total. The minimum atomic E-state index is -1.23. The molecule has 2 amide bonds. The molecule has 0 unspecified atom stereocenters. The van der Waals surface area contributed by atoms with Crippen molar-refractivity contribution >= 4 is 39.4 Å². The quantitative estimate of drug-likeness (QED) is 0.843.